The first kappa shape index (κ1) is 16.3. The lowest BCUT2D eigenvalue weighted by Crippen LogP contribution is -2.31. The van der Waals surface area contributed by atoms with E-state index >= 15 is 0 Å². The Morgan fingerprint density at radius 3 is 2.57 bits per heavy atom. The average Bonchev–Trinajstić information content (AvgIpc) is 2.46. The number of carboxylic acid groups (broad SMARTS) is 1. The molecule has 0 aromatic heterocycles. The largest absolute Gasteiger partial charge is 0.507 e. The molecule has 0 aliphatic carbocycles. The SMILES string of the molecule is N[C@H](CCC(=O)O)C(=O)c1cc(C(C=O)=NO)ccc1O. The minimum Gasteiger partial charge on any atom is -0.507 e. The number of hydrogen-bond acceptors (Lipinski definition) is 7. The van der Waals surface area contributed by atoms with E-state index in [4.69, 9.17) is 16.0 Å². The summed E-state index contributed by atoms with van der Waals surface area (Å²) in [5.74, 6) is -2.12. The first-order valence-corrected chi connectivity index (χ1v) is 5.93. The van der Waals surface area contributed by atoms with Crippen LogP contribution in [0.2, 0.25) is 0 Å². The molecule has 0 saturated carbocycles. The van der Waals surface area contributed by atoms with Gasteiger partial charge in [0, 0.05) is 12.0 Å². The van der Waals surface area contributed by atoms with Gasteiger partial charge in [-0.15, -0.1) is 0 Å². The third kappa shape index (κ3) is 4.11. The van der Waals surface area contributed by atoms with Crippen molar-refractivity contribution in [2.75, 3.05) is 0 Å². The van der Waals surface area contributed by atoms with Gasteiger partial charge in [0.25, 0.3) is 0 Å². The zero-order chi connectivity index (χ0) is 16.0. The minimum absolute atomic E-state index is 0.0908. The molecule has 5 N–H and O–H groups in total. The van der Waals surface area contributed by atoms with Gasteiger partial charge in [-0.3, -0.25) is 14.4 Å². The van der Waals surface area contributed by atoms with Crippen LogP contribution in [0.1, 0.15) is 28.8 Å². The molecule has 21 heavy (non-hydrogen) atoms. The molecule has 0 unspecified atom stereocenters. The number of oxime groups is 1. The number of nitrogens with two attached hydrogens (primary N) is 1. The predicted octanol–water partition coefficient (Wildman–Crippen LogP) is 0.144. The van der Waals surface area contributed by atoms with Crippen LogP contribution in [0.4, 0.5) is 0 Å². The van der Waals surface area contributed by atoms with Crippen molar-refractivity contribution in [3.8, 4) is 5.75 Å². The molecule has 1 rings (SSSR count). The highest BCUT2D eigenvalue weighted by atomic mass is 16.4. The van der Waals surface area contributed by atoms with E-state index in [2.05, 4.69) is 5.16 Å². The minimum atomic E-state index is -1.10. The Morgan fingerprint density at radius 1 is 1.38 bits per heavy atom. The third-order valence-electron chi connectivity index (χ3n) is 2.78. The van der Waals surface area contributed by atoms with E-state index in [1.165, 1.54) is 6.07 Å². The van der Waals surface area contributed by atoms with E-state index in [0.717, 1.165) is 12.1 Å². The number of hydrogen-bond donors (Lipinski definition) is 4. The number of carbonyl (C=O) groups excluding carboxylic acids is 2. The molecular formula is C13H14N2O6. The van der Waals surface area contributed by atoms with Gasteiger partial charge in [0.1, 0.15) is 11.5 Å². The van der Waals surface area contributed by atoms with E-state index < -0.39 is 17.8 Å². The first-order chi connectivity index (χ1) is 9.90. The summed E-state index contributed by atoms with van der Waals surface area (Å²) in [4.78, 5) is 33.2. The zero-order valence-corrected chi connectivity index (χ0v) is 10.9. The molecule has 1 aromatic rings. The number of aromatic hydroxyl groups is 1. The lowest BCUT2D eigenvalue weighted by atomic mass is 9.97. The second-order valence-electron chi connectivity index (χ2n) is 4.24. The summed E-state index contributed by atoms with van der Waals surface area (Å²) < 4.78 is 0. The number of benzene rings is 1. The molecule has 0 amide bonds. The Bertz CT molecular complexity index is 596. The number of carboxylic acids is 1. The van der Waals surface area contributed by atoms with Crippen molar-refractivity contribution in [2.24, 2.45) is 10.9 Å². The van der Waals surface area contributed by atoms with Crippen molar-refractivity contribution in [1.82, 2.24) is 0 Å². The van der Waals surface area contributed by atoms with Crippen molar-refractivity contribution in [2.45, 2.75) is 18.9 Å². The van der Waals surface area contributed by atoms with E-state index in [1.807, 2.05) is 0 Å². The topological polar surface area (TPSA) is 150 Å². The summed E-state index contributed by atoms with van der Waals surface area (Å²) in [6.45, 7) is 0. The van der Waals surface area contributed by atoms with Crippen molar-refractivity contribution in [1.29, 1.82) is 0 Å². The quantitative estimate of drug-likeness (QED) is 0.184. The smallest absolute Gasteiger partial charge is 0.303 e. The number of aldehydes is 1. The van der Waals surface area contributed by atoms with E-state index in [1.54, 1.807) is 0 Å². The molecule has 0 spiro atoms. The summed E-state index contributed by atoms with van der Waals surface area (Å²) in [5, 5.41) is 29.6. The lowest BCUT2D eigenvalue weighted by molar-refractivity contribution is -0.137. The summed E-state index contributed by atoms with van der Waals surface area (Å²) in [6.07, 6.45) is -0.0947. The molecular weight excluding hydrogens is 280 g/mol. The maximum absolute atomic E-state index is 12.1. The van der Waals surface area contributed by atoms with Gasteiger partial charge in [0.15, 0.2) is 12.1 Å². The van der Waals surface area contributed by atoms with Crippen LogP contribution in [0, 0.1) is 0 Å². The first-order valence-electron chi connectivity index (χ1n) is 5.93. The van der Waals surface area contributed by atoms with Gasteiger partial charge < -0.3 is 21.2 Å². The van der Waals surface area contributed by atoms with E-state index in [-0.39, 0.29) is 41.7 Å². The summed E-state index contributed by atoms with van der Waals surface area (Å²) in [7, 11) is 0. The number of Topliss-reactive ketones (excluding diaryl/α,β-unsaturated/α-hetero) is 1. The molecule has 1 atom stereocenters. The van der Waals surface area contributed by atoms with Gasteiger partial charge in [-0.2, -0.15) is 0 Å². The monoisotopic (exact) mass is 294 g/mol. The van der Waals surface area contributed by atoms with Gasteiger partial charge in [0.05, 0.1) is 11.6 Å². The average molecular weight is 294 g/mol. The fourth-order valence-electron chi connectivity index (χ4n) is 1.65. The summed E-state index contributed by atoms with van der Waals surface area (Å²) in [5.41, 5.74) is 5.22. The normalized spacial score (nSPS) is 12.7. The Kier molecular flexibility index (Phi) is 5.56. The maximum atomic E-state index is 12.1. The Morgan fingerprint density at radius 2 is 2.05 bits per heavy atom. The molecule has 0 radical (unpaired) electrons. The zero-order valence-electron chi connectivity index (χ0n) is 10.9. The predicted molar refractivity (Wildman–Crippen MR) is 71.7 cm³/mol. The van der Waals surface area contributed by atoms with Crippen LogP contribution in [0.5, 0.6) is 5.75 Å². The van der Waals surface area contributed by atoms with Crippen LogP contribution in [0.15, 0.2) is 23.4 Å². The van der Waals surface area contributed by atoms with Crippen molar-refractivity contribution < 1.29 is 29.8 Å². The standard InChI is InChI=1S/C13H14N2O6/c14-9(2-4-12(18)19)13(20)8-5-7(1-3-11(8)17)10(6-16)15-21/h1,3,5-6,9,17,21H,2,4,14H2,(H,18,19)/t9-/m1/s1. The van der Waals surface area contributed by atoms with Crippen molar-refractivity contribution >= 4 is 23.8 Å². The molecule has 0 heterocycles. The Hall–Kier alpha value is -2.74. The number of carbonyl (C=O) groups is 3. The molecule has 1 aromatic carbocycles. The molecule has 0 aliphatic heterocycles. The number of phenolic OH excluding ortho intramolecular Hbond substituents is 1. The van der Waals surface area contributed by atoms with Crippen LogP contribution in [-0.4, -0.2) is 45.2 Å². The van der Waals surface area contributed by atoms with Gasteiger partial charge in [-0.05, 0) is 24.6 Å². The van der Waals surface area contributed by atoms with Gasteiger partial charge in [-0.25, -0.2) is 0 Å². The highest BCUT2D eigenvalue weighted by Crippen LogP contribution is 2.21. The highest BCUT2D eigenvalue weighted by molar-refractivity contribution is 6.36. The van der Waals surface area contributed by atoms with E-state index in [0.29, 0.717) is 0 Å². The Labute approximate surface area is 119 Å². The maximum Gasteiger partial charge on any atom is 0.303 e. The van der Waals surface area contributed by atoms with Gasteiger partial charge in [-0.1, -0.05) is 5.16 Å². The molecule has 0 saturated heterocycles. The Balaban J connectivity index is 3.06. The molecule has 0 bridgehead atoms. The number of phenols is 1. The molecule has 112 valence electrons. The number of aliphatic carboxylic acids is 1. The fourth-order valence-corrected chi connectivity index (χ4v) is 1.65. The number of nitrogens with zero attached hydrogens (tertiary/aromatic N) is 1. The second kappa shape index (κ2) is 7.15. The summed E-state index contributed by atoms with van der Waals surface area (Å²) in [6, 6.07) is 2.49. The van der Waals surface area contributed by atoms with Crippen LogP contribution >= 0.6 is 0 Å². The van der Waals surface area contributed by atoms with Crippen molar-refractivity contribution in [3.63, 3.8) is 0 Å². The number of rotatable bonds is 7. The molecule has 0 fully saturated rings. The van der Waals surface area contributed by atoms with Crippen LogP contribution in [-0.2, 0) is 9.59 Å². The van der Waals surface area contributed by atoms with Crippen LogP contribution in [0.25, 0.3) is 0 Å². The van der Waals surface area contributed by atoms with Crippen LogP contribution < -0.4 is 5.73 Å². The number of ketones is 1. The molecule has 8 heteroatoms. The second-order valence-corrected chi connectivity index (χ2v) is 4.24. The molecule has 8 nitrogen and oxygen atoms in total. The highest BCUT2D eigenvalue weighted by Gasteiger charge is 2.21. The summed E-state index contributed by atoms with van der Waals surface area (Å²) >= 11 is 0. The van der Waals surface area contributed by atoms with Crippen molar-refractivity contribution in [3.05, 3.63) is 29.3 Å². The third-order valence-corrected chi connectivity index (χ3v) is 2.78. The van der Waals surface area contributed by atoms with Gasteiger partial charge in [0.2, 0.25) is 0 Å². The van der Waals surface area contributed by atoms with Gasteiger partial charge >= 0.3 is 5.97 Å². The lowest BCUT2D eigenvalue weighted by Gasteiger charge is -2.11. The molecule has 0 aliphatic rings. The van der Waals surface area contributed by atoms with Crippen LogP contribution in [0.3, 0.4) is 0 Å². The van der Waals surface area contributed by atoms with E-state index in [9.17, 15) is 19.5 Å². The fraction of sp³-hybridized carbons (Fsp3) is 0.231.